The van der Waals surface area contributed by atoms with E-state index < -0.39 is 27.8 Å². The van der Waals surface area contributed by atoms with Crippen molar-refractivity contribution in [3.05, 3.63) is 59.2 Å². The molecule has 0 saturated carbocycles. The van der Waals surface area contributed by atoms with Gasteiger partial charge in [-0.3, -0.25) is 24.1 Å². The summed E-state index contributed by atoms with van der Waals surface area (Å²) in [5.41, 5.74) is 1.49. The average molecular weight is 581 g/mol. The fraction of sp³-hybridized carbons (Fsp3) is 0.321. The number of morpholine rings is 1. The van der Waals surface area contributed by atoms with Crippen molar-refractivity contribution in [1.29, 1.82) is 0 Å². The van der Waals surface area contributed by atoms with Gasteiger partial charge < -0.3 is 14.4 Å². The summed E-state index contributed by atoms with van der Waals surface area (Å²) in [7, 11) is -0.629. The Bertz CT molecular complexity index is 1680. The zero-order valence-electron chi connectivity index (χ0n) is 22.7. The van der Waals surface area contributed by atoms with Crippen molar-refractivity contribution >= 4 is 44.6 Å². The summed E-state index contributed by atoms with van der Waals surface area (Å²) in [6, 6.07) is 10.8. The number of rotatable bonds is 7. The Morgan fingerprint density at radius 2 is 1.66 bits per heavy atom. The monoisotopic (exact) mass is 580 g/mol. The molecule has 1 fully saturated rings. The molecule has 1 saturated heterocycles. The number of esters is 1. The van der Waals surface area contributed by atoms with Crippen LogP contribution in [-0.4, -0.2) is 105 Å². The number of ether oxygens (including phenoxy) is 2. The molecule has 0 N–H and O–H groups in total. The number of pyridine rings is 1. The van der Waals surface area contributed by atoms with E-state index in [1.807, 2.05) is 0 Å². The van der Waals surface area contributed by atoms with Gasteiger partial charge in [0, 0.05) is 50.6 Å². The first-order valence-corrected chi connectivity index (χ1v) is 14.3. The number of aromatic nitrogens is 1. The minimum Gasteiger partial charge on any atom is -0.464 e. The van der Waals surface area contributed by atoms with Gasteiger partial charge in [0.1, 0.15) is 6.61 Å². The van der Waals surface area contributed by atoms with Gasteiger partial charge in [-0.15, -0.1) is 0 Å². The molecule has 0 spiro atoms. The van der Waals surface area contributed by atoms with Gasteiger partial charge in [-0.25, -0.2) is 13.4 Å². The van der Waals surface area contributed by atoms with Crippen LogP contribution in [0.1, 0.15) is 38.0 Å². The van der Waals surface area contributed by atoms with E-state index in [-0.39, 0.29) is 72.5 Å². The Balaban J connectivity index is 1.65. The van der Waals surface area contributed by atoms with Crippen molar-refractivity contribution in [2.45, 2.75) is 11.8 Å². The maximum atomic E-state index is 13.7. The molecule has 2 aliphatic rings. The number of nitrogens with zero attached hydrogens (tertiary/aromatic N) is 4. The molecule has 3 heterocycles. The van der Waals surface area contributed by atoms with Crippen LogP contribution in [0.2, 0.25) is 0 Å². The number of hydrogen-bond acceptors (Lipinski definition) is 9. The maximum Gasteiger partial charge on any atom is 0.302 e. The molecular weight excluding hydrogens is 552 g/mol. The summed E-state index contributed by atoms with van der Waals surface area (Å²) >= 11 is 0. The lowest BCUT2D eigenvalue weighted by Crippen LogP contribution is -2.40. The van der Waals surface area contributed by atoms with Gasteiger partial charge in [-0.05, 0) is 30.3 Å². The minimum absolute atomic E-state index is 0.0120. The number of amides is 3. The second kappa shape index (κ2) is 11.0. The number of fused-ring (bicyclic) bond motifs is 3. The molecule has 2 aromatic carbocycles. The lowest BCUT2D eigenvalue weighted by atomic mass is 9.97. The minimum atomic E-state index is -3.90. The third-order valence-electron chi connectivity index (χ3n) is 6.91. The number of sulfonamides is 1. The molecule has 0 unspecified atom stereocenters. The van der Waals surface area contributed by atoms with Gasteiger partial charge in [-0.1, -0.05) is 12.1 Å². The molecule has 5 rings (SSSR count). The van der Waals surface area contributed by atoms with Crippen LogP contribution in [0.15, 0.2) is 47.4 Å². The molecular formula is C28H28N4O8S. The first-order chi connectivity index (χ1) is 19.5. The summed E-state index contributed by atoms with van der Waals surface area (Å²) in [5.74, 6) is -2.05. The highest BCUT2D eigenvalue weighted by atomic mass is 32.2. The van der Waals surface area contributed by atoms with Crippen molar-refractivity contribution in [3.63, 3.8) is 0 Å². The second-order valence-corrected chi connectivity index (χ2v) is 11.7. The first kappa shape index (κ1) is 28.3. The Kier molecular flexibility index (Phi) is 7.60. The van der Waals surface area contributed by atoms with Crippen LogP contribution in [0.3, 0.4) is 0 Å². The molecule has 3 aromatic rings. The number of carbonyl (C=O) groups excluding carboxylic acids is 4. The predicted molar refractivity (Wildman–Crippen MR) is 147 cm³/mol. The third kappa shape index (κ3) is 5.19. The fourth-order valence-electron chi connectivity index (χ4n) is 4.85. The van der Waals surface area contributed by atoms with Gasteiger partial charge in [0.2, 0.25) is 10.0 Å². The van der Waals surface area contributed by atoms with Gasteiger partial charge >= 0.3 is 5.97 Å². The third-order valence-corrected chi connectivity index (χ3v) is 8.81. The molecule has 0 radical (unpaired) electrons. The lowest BCUT2D eigenvalue weighted by Gasteiger charge is -2.26. The number of benzene rings is 2. The van der Waals surface area contributed by atoms with Crippen LogP contribution in [0.4, 0.5) is 0 Å². The van der Waals surface area contributed by atoms with Crippen molar-refractivity contribution in [2.24, 2.45) is 0 Å². The van der Waals surface area contributed by atoms with E-state index in [2.05, 4.69) is 4.98 Å². The largest absolute Gasteiger partial charge is 0.464 e. The number of hydrogen-bond donors (Lipinski definition) is 0. The molecule has 12 nitrogen and oxygen atoms in total. The Labute approximate surface area is 236 Å². The van der Waals surface area contributed by atoms with E-state index in [0.717, 1.165) is 4.90 Å². The molecule has 2 aliphatic heterocycles. The zero-order valence-corrected chi connectivity index (χ0v) is 23.6. The van der Waals surface area contributed by atoms with Crippen LogP contribution in [0.25, 0.3) is 22.2 Å². The van der Waals surface area contributed by atoms with Crippen LogP contribution >= 0.6 is 0 Å². The summed E-state index contributed by atoms with van der Waals surface area (Å²) in [6.07, 6.45) is 0. The Morgan fingerprint density at radius 1 is 1.00 bits per heavy atom. The summed E-state index contributed by atoms with van der Waals surface area (Å²) in [4.78, 5) is 58.0. The molecule has 0 aliphatic carbocycles. The molecule has 3 amide bonds. The van der Waals surface area contributed by atoms with E-state index in [0.29, 0.717) is 16.6 Å². The predicted octanol–water partition coefficient (Wildman–Crippen LogP) is 1.78. The van der Waals surface area contributed by atoms with Crippen molar-refractivity contribution in [2.75, 3.05) is 53.6 Å². The van der Waals surface area contributed by atoms with Crippen LogP contribution in [0, 0.1) is 0 Å². The van der Waals surface area contributed by atoms with Crippen LogP contribution < -0.4 is 0 Å². The van der Waals surface area contributed by atoms with Gasteiger partial charge in [0.05, 0.1) is 47.0 Å². The molecule has 1 aromatic heterocycles. The SMILES string of the molecule is CC(=O)OCCN1C(=O)c2c(-c3ccc(C(=O)N(C)C)cc3)nc3ccc(S(=O)(=O)N4CCOCC4)cc3c2C1=O. The van der Waals surface area contributed by atoms with Crippen molar-refractivity contribution in [1.82, 2.24) is 19.1 Å². The average Bonchev–Trinajstić information content (AvgIpc) is 3.22. The highest BCUT2D eigenvalue weighted by molar-refractivity contribution is 7.89. The molecule has 41 heavy (non-hydrogen) atoms. The van der Waals surface area contributed by atoms with Gasteiger partial charge in [-0.2, -0.15) is 4.31 Å². The van der Waals surface area contributed by atoms with Crippen molar-refractivity contribution < 1.29 is 37.1 Å². The quantitative estimate of drug-likeness (QED) is 0.302. The highest BCUT2D eigenvalue weighted by Gasteiger charge is 2.40. The highest BCUT2D eigenvalue weighted by Crippen LogP contribution is 2.37. The standard InChI is InChI=1S/C28H28N4O8S/c1-17(33)40-15-12-32-27(35)23-21-16-20(41(37,38)31-10-13-39-14-11-31)8-9-22(21)29-25(24(23)28(32)36)18-4-6-19(7-5-18)26(34)30(2)3/h4-9,16H,10-15H2,1-3H3. The molecule has 214 valence electrons. The van der Waals surface area contributed by atoms with E-state index >= 15 is 0 Å². The summed E-state index contributed by atoms with van der Waals surface area (Å²) < 4.78 is 38.3. The van der Waals surface area contributed by atoms with Crippen LogP contribution in [0.5, 0.6) is 0 Å². The first-order valence-electron chi connectivity index (χ1n) is 12.9. The van der Waals surface area contributed by atoms with Crippen LogP contribution in [-0.2, 0) is 24.3 Å². The molecule has 13 heteroatoms. The van der Waals surface area contributed by atoms with E-state index in [1.54, 1.807) is 38.4 Å². The van der Waals surface area contributed by atoms with Gasteiger partial charge in [0.25, 0.3) is 17.7 Å². The van der Waals surface area contributed by atoms with E-state index in [9.17, 15) is 27.6 Å². The van der Waals surface area contributed by atoms with Crippen molar-refractivity contribution in [3.8, 4) is 11.3 Å². The van der Waals surface area contributed by atoms with E-state index in [4.69, 9.17) is 9.47 Å². The molecule has 0 atom stereocenters. The Hall–Kier alpha value is -4.20. The maximum absolute atomic E-state index is 13.7. The van der Waals surface area contributed by atoms with Gasteiger partial charge in [0.15, 0.2) is 0 Å². The topological polar surface area (TPSA) is 143 Å². The van der Waals surface area contributed by atoms with E-state index in [1.165, 1.54) is 34.3 Å². The second-order valence-electron chi connectivity index (χ2n) is 9.78. The summed E-state index contributed by atoms with van der Waals surface area (Å²) in [6.45, 7) is 1.78. The zero-order chi connectivity index (χ0) is 29.5. The number of imide groups is 1. The summed E-state index contributed by atoms with van der Waals surface area (Å²) in [5, 5.41) is 0.214. The molecule has 0 bridgehead atoms. The smallest absolute Gasteiger partial charge is 0.302 e. The fourth-order valence-corrected chi connectivity index (χ4v) is 6.29. The lowest BCUT2D eigenvalue weighted by molar-refractivity contribution is -0.141. The Morgan fingerprint density at radius 3 is 2.29 bits per heavy atom. The number of carbonyl (C=O) groups is 4. The normalized spacial score (nSPS) is 15.7.